The van der Waals surface area contributed by atoms with Crippen molar-refractivity contribution in [2.45, 2.75) is 0 Å². The first-order valence-electron chi connectivity index (χ1n) is 7.23. The van der Waals surface area contributed by atoms with E-state index in [0.29, 0.717) is 12.1 Å². The summed E-state index contributed by atoms with van der Waals surface area (Å²) in [6, 6.07) is 5.39. The van der Waals surface area contributed by atoms with Crippen LogP contribution < -0.4 is 10.2 Å². The molecule has 21 heavy (non-hydrogen) atoms. The van der Waals surface area contributed by atoms with Crippen LogP contribution in [0.25, 0.3) is 11.0 Å². The fourth-order valence-corrected chi connectivity index (χ4v) is 2.47. The van der Waals surface area contributed by atoms with Crippen molar-refractivity contribution in [3.05, 3.63) is 36.2 Å². The Bertz CT molecular complexity index is 626. The number of fused-ring (bicyclic) bond motifs is 1. The Labute approximate surface area is 123 Å². The van der Waals surface area contributed by atoms with Gasteiger partial charge in [-0.1, -0.05) is 0 Å². The average molecular weight is 287 g/mol. The Balaban J connectivity index is 1.56. The number of carbonyl (C=O) groups is 1. The van der Waals surface area contributed by atoms with Crippen molar-refractivity contribution in [3.63, 3.8) is 0 Å². The summed E-state index contributed by atoms with van der Waals surface area (Å²) < 4.78 is 5.32. The molecule has 1 aromatic carbocycles. The van der Waals surface area contributed by atoms with E-state index in [9.17, 15) is 4.79 Å². The van der Waals surface area contributed by atoms with E-state index in [1.807, 2.05) is 6.07 Å². The molecule has 110 valence electrons. The van der Waals surface area contributed by atoms with Crippen molar-refractivity contribution in [2.75, 3.05) is 39.4 Å². The minimum atomic E-state index is -0.0600. The van der Waals surface area contributed by atoms with Gasteiger partial charge in [0.2, 0.25) is 0 Å². The zero-order valence-corrected chi connectivity index (χ0v) is 11.8. The van der Waals surface area contributed by atoms with Crippen molar-refractivity contribution >= 4 is 16.9 Å². The van der Waals surface area contributed by atoms with Gasteiger partial charge in [0.15, 0.2) is 0 Å². The minimum absolute atomic E-state index is 0.0600. The van der Waals surface area contributed by atoms with Gasteiger partial charge in [0, 0.05) is 18.0 Å². The number of carbonyl (C=O) groups excluding carboxylic acids is 1. The predicted octanol–water partition coefficient (Wildman–Crippen LogP) is -0.725. The molecule has 1 saturated heterocycles. The first-order valence-corrected chi connectivity index (χ1v) is 7.23. The molecule has 0 atom stereocenters. The van der Waals surface area contributed by atoms with E-state index >= 15 is 0 Å². The summed E-state index contributed by atoms with van der Waals surface area (Å²) in [5.74, 6) is -0.0600. The van der Waals surface area contributed by atoms with Crippen LogP contribution in [0.4, 0.5) is 0 Å². The van der Waals surface area contributed by atoms with Gasteiger partial charge < -0.3 is 15.0 Å². The summed E-state index contributed by atoms with van der Waals surface area (Å²) in [6.45, 7) is 5.26. The summed E-state index contributed by atoms with van der Waals surface area (Å²) in [7, 11) is 0. The molecule has 6 heteroatoms. The monoisotopic (exact) mass is 287 g/mol. The van der Waals surface area contributed by atoms with E-state index < -0.39 is 0 Å². The second kappa shape index (κ2) is 6.60. The van der Waals surface area contributed by atoms with Crippen molar-refractivity contribution in [2.24, 2.45) is 0 Å². The van der Waals surface area contributed by atoms with Gasteiger partial charge in [-0.3, -0.25) is 14.8 Å². The molecule has 0 aliphatic carbocycles. The summed E-state index contributed by atoms with van der Waals surface area (Å²) in [5, 5.41) is 2.96. The van der Waals surface area contributed by atoms with Crippen LogP contribution in [0.3, 0.4) is 0 Å². The highest BCUT2D eigenvalue weighted by atomic mass is 16.5. The van der Waals surface area contributed by atoms with Gasteiger partial charge in [-0.05, 0) is 18.2 Å². The molecule has 2 aromatic rings. The van der Waals surface area contributed by atoms with Gasteiger partial charge >= 0.3 is 0 Å². The molecule has 0 spiro atoms. The third kappa shape index (κ3) is 3.53. The normalized spacial score (nSPS) is 16.0. The second-order valence-electron chi connectivity index (χ2n) is 5.13. The highest BCUT2D eigenvalue weighted by Crippen LogP contribution is 2.10. The number of amides is 1. The van der Waals surface area contributed by atoms with Gasteiger partial charge in [0.1, 0.15) is 13.1 Å². The first kappa shape index (κ1) is 13.9. The van der Waals surface area contributed by atoms with Crippen LogP contribution >= 0.6 is 0 Å². The van der Waals surface area contributed by atoms with E-state index in [-0.39, 0.29) is 5.91 Å². The molecule has 6 nitrogen and oxygen atoms in total. The van der Waals surface area contributed by atoms with Crippen molar-refractivity contribution in [1.82, 2.24) is 15.3 Å². The van der Waals surface area contributed by atoms with E-state index in [1.165, 1.54) is 4.90 Å². The maximum absolute atomic E-state index is 12.1. The molecule has 1 aromatic heterocycles. The molecule has 1 fully saturated rings. The Kier molecular flexibility index (Phi) is 4.37. The van der Waals surface area contributed by atoms with Gasteiger partial charge in [-0.2, -0.15) is 0 Å². The lowest BCUT2D eigenvalue weighted by Gasteiger charge is -2.23. The van der Waals surface area contributed by atoms with Crippen LogP contribution in [0.5, 0.6) is 0 Å². The lowest BCUT2D eigenvalue weighted by molar-refractivity contribution is -0.906. The Morgan fingerprint density at radius 2 is 1.95 bits per heavy atom. The molecule has 1 aliphatic rings. The third-order valence-corrected chi connectivity index (χ3v) is 3.70. The number of rotatable bonds is 4. The zero-order chi connectivity index (χ0) is 14.5. The van der Waals surface area contributed by atoms with Gasteiger partial charge in [0.25, 0.3) is 5.91 Å². The molecule has 0 bridgehead atoms. The van der Waals surface area contributed by atoms with Crippen LogP contribution in [0.1, 0.15) is 10.4 Å². The smallest absolute Gasteiger partial charge is 0.251 e. The summed E-state index contributed by atoms with van der Waals surface area (Å²) >= 11 is 0. The Morgan fingerprint density at radius 1 is 1.19 bits per heavy atom. The van der Waals surface area contributed by atoms with Crippen molar-refractivity contribution < 1.29 is 14.4 Å². The molecule has 2 N–H and O–H groups in total. The number of quaternary nitrogens is 1. The molecule has 3 rings (SSSR count). The number of nitrogens with one attached hydrogen (secondary N) is 2. The fourth-order valence-electron chi connectivity index (χ4n) is 2.47. The summed E-state index contributed by atoms with van der Waals surface area (Å²) in [4.78, 5) is 22.0. The average Bonchev–Trinajstić information content (AvgIpc) is 2.55. The minimum Gasteiger partial charge on any atom is -0.370 e. The van der Waals surface area contributed by atoms with Gasteiger partial charge in [-0.15, -0.1) is 0 Å². The molecular weight excluding hydrogens is 268 g/mol. The Morgan fingerprint density at radius 3 is 2.76 bits per heavy atom. The number of morpholine rings is 1. The molecule has 1 aliphatic heterocycles. The first-order chi connectivity index (χ1) is 10.3. The van der Waals surface area contributed by atoms with Crippen LogP contribution in [-0.4, -0.2) is 55.3 Å². The maximum atomic E-state index is 12.1. The maximum Gasteiger partial charge on any atom is 0.251 e. The number of hydrogen-bond donors (Lipinski definition) is 2. The van der Waals surface area contributed by atoms with Crippen molar-refractivity contribution in [3.8, 4) is 0 Å². The number of ether oxygens (including phenoxy) is 1. The van der Waals surface area contributed by atoms with Gasteiger partial charge in [0.05, 0.1) is 37.3 Å². The summed E-state index contributed by atoms with van der Waals surface area (Å²) in [5.41, 5.74) is 2.16. The predicted molar refractivity (Wildman–Crippen MR) is 78.3 cm³/mol. The van der Waals surface area contributed by atoms with E-state index in [0.717, 1.165) is 43.9 Å². The lowest BCUT2D eigenvalue weighted by atomic mass is 10.2. The highest BCUT2D eigenvalue weighted by Gasteiger charge is 2.14. The van der Waals surface area contributed by atoms with E-state index in [1.54, 1.807) is 24.5 Å². The third-order valence-electron chi connectivity index (χ3n) is 3.70. The van der Waals surface area contributed by atoms with Crippen LogP contribution in [0, 0.1) is 0 Å². The van der Waals surface area contributed by atoms with E-state index in [4.69, 9.17) is 4.74 Å². The number of hydrogen-bond acceptors (Lipinski definition) is 4. The quantitative estimate of drug-likeness (QED) is 0.778. The number of aromatic nitrogens is 2. The van der Waals surface area contributed by atoms with Crippen LogP contribution in [0.15, 0.2) is 30.6 Å². The largest absolute Gasteiger partial charge is 0.370 e. The fraction of sp³-hybridized carbons (Fsp3) is 0.400. The second-order valence-corrected chi connectivity index (χ2v) is 5.13. The lowest BCUT2D eigenvalue weighted by Crippen LogP contribution is -3.14. The molecule has 2 heterocycles. The Hall–Kier alpha value is -2.05. The number of benzene rings is 1. The molecule has 1 amide bonds. The molecule has 0 saturated carbocycles. The topological polar surface area (TPSA) is 68.5 Å². The van der Waals surface area contributed by atoms with Gasteiger partial charge in [-0.25, -0.2) is 0 Å². The standard InChI is InChI=1S/C15H18N4O2/c20-15(18-5-6-19-7-9-21-10-8-19)12-1-2-13-14(11-12)17-4-3-16-13/h1-4,11H,5-10H2,(H,18,20)/p+1. The summed E-state index contributed by atoms with van der Waals surface area (Å²) in [6.07, 6.45) is 3.28. The molecule has 0 radical (unpaired) electrons. The molecule has 0 unspecified atom stereocenters. The number of nitrogens with zero attached hydrogens (tertiary/aromatic N) is 2. The highest BCUT2D eigenvalue weighted by molar-refractivity contribution is 5.97. The molecular formula is C15H19N4O2+. The van der Waals surface area contributed by atoms with Crippen LogP contribution in [0.2, 0.25) is 0 Å². The van der Waals surface area contributed by atoms with Crippen LogP contribution in [-0.2, 0) is 4.74 Å². The SMILES string of the molecule is O=C(NCC[NH+]1CCOCC1)c1ccc2nccnc2c1. The van der Waals surface area contributed by atoms with E-state index in [2.05, 4.69) is 15.3 Å². The zero-order valence-electron chi connectivity index (χ0n) is 11.8. The van der Waals surface area contributed by atoms with Crippen molar-refractivity contribution in [1.29, 1.82) is 0 Å².